The van der Waals surface area contributed by atoms with E-state index in [1.807, 2.05) is 0 Å². The van der Waals surface area contributed by atoms with Crippen molar-refractivity contribution in [2.24, 2.45) is 0 Å². The maximum atomic E-state index is 12.7. The third-order valence-electron chi connectivity index (χ3n) is 1.82. The van der Waals surface area contributed by atoms with Gasteiger partial charge in [-0.05, 0) is 36.2 Å². The summed E-state index contributed by atoms with van der Waals surface area (Å²) in [5.41, 5.74) is 1.81. The molecular weight excluding hydrogens is 167 g/mol. The zero-order valence-corrected chi connectivity index (χ0v) is 7.39. The molecule has 0 saturated heterocycles. The average Bonchev–Trinajstić information content (AvgIpc) is 2.04. The third-order valence-corrected chi connectivity index (χ3v) is 1.82. The molecule has 1 rings (SSSR count). The van der Waals surface area contributed by atoms with Gasteiger partial charge in [-0.3, -0.25) is 0 Å². The largest absolute Gasteiger partial charge is 0.313 e. The van der Waals surface area contributed by atoms with Crippen LogP contribution in [0.4, 0.5) is 4.39 Å². The van der Waals surface area contributed by atoms with Crippen LogP contribution in [0.1, 0.15) is 17.5 Å². The van der Waals surface area contributed by atoms with Gasteiger partial charge in [0.25, 0.3) is 0 Å². The molecular formula is C10H11FN2. The molecule has 0 aliphatic heterocycles. The Morgan fingerprint density at radius 3 is 2.77 bits per heavy atom. The molecule has 68 valence electrons. The summed E-state index contributed by atoms with van der Waals surface area (Å²) in [5, 5.41) is 14.4. The van der Waals surface area contributed by atoms with Crippen molar-refractivity contribution >= 4 is 11.9 Å². The van der Waals surface area contributed by atoms with Gasteiger partial charge >= 0.3 is 0 Å². The molecule has 0 fully saturated rings. The van der Waals surface area contributed by atoms with Crippen LogP contribution in [0.2, 0.25) is 0 Å². The van der Waals surface area contributed by atoms with Gasteiger partial charge in [0.2, 0.25) is 0 Å². The molecule has 2 N–H and O–H groups in total. The van der Waals surface area contributed by atoms with Crippen LogP contribution < -0.4 is 0 Å². The minimum absolute atomic E-state index is 0.288. The summed E-state index contributed by atoms with van der Waals surface area (Å²) in [6, 6.07) is 4.31. The van der Waals surface area contributed by atoms with Crippen molar-refractivity contribution in [2.75, 3.05) is 0 Å². The predicted octanol–water partition coefficient (Wildman–Crippen LogP) is 2.54. The van der Waals surface area contributed by atoms with Crippen LogP contribution in [-0.2, 0) is 0 Å². The molecule has 0 spiro atoms. The van der Waals surface area contributed by atoms with E-state index in [1.165, 1.54) is 18.3 Å². The molecule has 1 aromatic rings. The number of benzene rings is 1. The number of nitrogens with one attached hydrogen (secondary N) is 2. The Balaban J connectivity index is 3.01. The lowest BCUT2D eigenvalue weighted by Crippen LogP contribution is -2.02. The summed E-state index contributed by atoms with van der Waals surface area (Å²) in [4.78, 5) is 0. The van der Waals surface area contributed by atoms with Crippen molar-refractivity contribution in [1.82, 2.24) is 0 Å². The van der Waals surface area contributed by atoms with Crippen LogP contribution in [-0.4, -0.2) is 11.9 Å². The summed E-state index contributed by atoms with van der Waals surface area (Å²) < 4.78 is 12.7. The fraction of sp³-hybridized carbons (Fsp3) is 0.200. The Labute approximate surface area is 76.4 Å². The first-order valence-corrected chi connectivity index (χ1v) is 3.98. The van der Waals surface area contributed by atoms with Crippen molar-refractivity contribution in [1.29, 1.82) is 10.8 Å². The highest BCUT2D eigenvalue weighted by Crippen LogP contribution is 2.11. The zero-order valence-electron chi connectivity index (χ0n) is 7.39. The van der Waals surface area contributed by atoms with Crippen LogP contribution in [0.15, 0.2) is 18.2 Å². The molecule has 0 unspecified atom stereocenters. The Kier molecular flexibility index (Phi) is 2.90. The second-order valence-electron chi connectivity index (χ2n) is 2.85. The number of rotatable bonds is 3. The van der Waals surface area contributed by atoms with Crippen molar-refractivity contribution in [3.8, 4) is 0 Å². The molecule has 2 nitrogen and oxygen atoms in total. The molecule has 13 heavy (non-hydrogen) atoms. The first-order chi connectivity index (χ1) is 6.15. The Morgan fingerprint density at radius 1 is 1.54 bits per heavy atom. The van der Waals surface area contributed by atoms with Crippen LogP contribution in [0.25, 0.3) is 0 Å². The Morgan fingerprint density at radius 2 is 2.23 bits per heavy atom. The molecule has 1 aromatic carbocycles. The smallest absolute Gasteiger partial charge is 0.123 e. The maximum Gasteiger partial charge on any atom is 0.123 e. The fourth-order valence-electron chi connectivity index (χ4n) is 1.18. The van der Waals surface area contributed by atoms with E-state index in [0.717, 1.165) is 5.56 Å². The second-order valence-corrected chi connectivity index (χ2v) is 2.85. The Hall–Kier alpha value is -1.51. The van der Waals surface area contributed by atoms with Gasteiger partial charge in [-0.1, -0.05) is 0 Å². The monoisotopic (exact) mass is 178 g/mol. The van der Waals surface area contributed by atoms with Gasteiger partial charge in [-0.25, -0.2) is 4.39 Å². The van der Waals surface area contributed by atoms with Crippen molar-refractivity contribution in [3.63, 3.8) is 0 Å². The number of hydrogen-bond donors (Lipinski definition) is 2. The van der Waals surface area contributed by atoms with E-state index in [1.54, 1.807) is 13.0 Å². The highest BCUT2D eigenvalue weighted by Gasteiger charge is 2.04. The quantitative estimate of drug-likeness (QED) is 0.668. The van der Waals surface area contributed by atoms with E-state index in [0.29, 0.717) is 17.7 Å². The summed E-state index contributed by atoms with van der Waals surface area (Å²) >= 11 is 0. The van der Waals surface area contributed by atoms with Gasteiger partial charge in [0.05, 0.1) is 0 Å². The minimum Gasteiger partial charge on any atom is -0.313 e. The minimum atomic E-state index is -0.288. The summed E-state index contributed by atoms with van der Waals surface area (Å²) in [6.07, 6.45) is 1.47. The first-order valence-electron chi connectivity index (χ1n) is 3.98. The van der Waals surface area contributed by atoms with Crippen LogP contribution in [0, 0.1) is 23.6 Å². The zero-order chi connectivity index (χ0) is 9.84. The SMILES string of the molecule is Cc1cc(F)ccc1C(=N)CC=N. The predicted molar refractivity (Wildman–Crippen MR) is 51.4 cm³/mol. The molecule has 3 heteroatoms. The van der Waals surface area contributed by atoms with E-state index in [4.69, 9.17) is 10.8 Å². The van der Waals surface area contributed by atoms with Gasteiger partial charge in [0.1, 0.15) is 5.82 Å². The van der Waals surface area contributed by atoms with E-state index in [2.05, 4.69) is 0 Å². The fourth-order valence-corrected chi connectivity index (χ4v) is 1.18. The van der Waals surface area contributed by atoms with Crippen LogP contribution in [0.5, 0.6) is 0 Å². The molecule has 0 aromatic heterocycles. The van der Waals surface area contributed by atoms with E-state index >= 15 is 0 Å². The molecule has 0 radical (unpaired) electrons. The highest BCUT2D eigenvalue weighted by atomic mass is 19.1. The van der Waals surface area contributed by atoms with E-state index < -0.39 is 0 Å². The van der Waals surface area contributed by atoms with Crippen molar-refractivity contribution in [3.05, 3.63) is 35.1 Å². The first kappa shape index (κ1) is 9.58. The van der Waals surface area contributed by atoms with Crippen LogP contribution in [0.3, 0.4) is 0 Å². The van der Waals surface area contributed by atoms with Gasteiger partial charge in [0.15, 0.2) is 0 Å². The molecule has 0 saturated carbocycles. The number of halogens is 1. The summed E-state index contributed by atoms with van der Waals surface area (Å²) in [5.74, 6) is -0.288. The molecule has 0 bridgehead atoms. The van der Waals surface area contributed by atoms with Crippen molar-refractivity contribution in [2.45, 2.75) is 13.3 Å². The second kappa shape index (κ2) is 3.94. The summed E-state index contributed by atoms with van der Waals surface area (Å²) in [6.45, 7) is 1.76. The van der Waals surface area contributed by atoms with Gasteiger partial charge in [0, 0.05) is 18.3 Å². The lowest BCUT2D eigenvalue weighted by molar-refractivity contribution is 0.626. The number of aryl methyl sites for hydroxylation is 1. The third kappa shape index (κ3) is 2.21. The van der Waals surface area contributed by atoms with Crippen molar-refractivity contribution < 1.29 is 4.39 Å². The van der Waals surface area contributed by atoms with Gasteiger partial charge < -0.3 is 10.8 Å². The van der Waals surface area contributed by atoms with E-state index in [9.17, 15) is 4.39 Å². The topological polar surface area (TPSA) is 47.7 Å². The van der Waals surface area contributed by atoms with E-state index in [-0.39, 0.29) is 5.82 Å². The molecule has 0 amide bonds. The van der Waals surface area contributed by atoms with Gasteiger partial charge in [-0.2, -0.15) is 0 Å². The lowest BCUT2D eigenvalue weighted by atomic mass is 10.0. The van der Waals surface area contributed by atoms with Crippen LogP contribution >= 0.6 is 0 Å². The van der Waals surface area contributed by atoms with Gasteiger partial charge in [-0.15, -0.1) is 0 Å². The molecule has 0 aliphatic rings. The maximum absolute atomic E-state index is 12.7. The molecule has 0 aliphatic carbocycles. The number of hydrogen-bond acceptors (Lipinski definition) is 2. The average molecular weight is 178 g/mol. The Bertz CT molecular complexity index is 345. The standard InChI is InChI=1S/C10H11FN2/c1-7-6-8(11)2-3-9(7)10(13)4-5-12/h2-3,5-6,12-13H,4H2,1H3. The molecule has 0 heterocycles. The lowest BCUT2D eigenvalue weighted by Gasteiger charge is -2.04. The highest BCUT2D eigenvalue weighted by molar-refractivity contribution is 6.05. The normalized spacial score (nSPS) is 9.69. The molecule has 0 atom stereocenters. The summed E-state index contributed by atoms with van der Waals surface area (Å²) in [7, 11) is 0.